The van der Waals surface area contributed by atoms with Gasteiger partial charge in [-0.15, -0.1) is 0 Å². The van der Waals surface area contributed by atoms with Crippen molar-refractivity contribution in [1.82, 2.24) is 5.43 Å². The number of phenols is 1. The molecule has 0 aromatic heterocycles. The number of halogens is 1. The second-order valence-corrected chi connectivity index (χ2v) is 5.77. The Kier molecular flexibility index (Phi) is 6.20. The van der Waals surface area contributed by atoms with E-state index in [1.54, 1.807) is 6.07 Å². The monoisotopic (exact) mass is 391 g/mol. The van der Waals surface area contributed by atoms with Crippen LogP contribution in [0.1, 0.15) is 18.1 Å². The predicted molar refractivity (Wildman–Crippen MR) is 97.9 cm³/mol. The fraction of sp³-hybridized carbons (Fsp3) is 0.176. The number of benzene rings is 2. The molecule has 2 aromatic rings. The van der Waals surface area contributed by atoms with Crippen molar-refractivity contribution >= 4 is 33.9 Å². The molecule has 2 rings (SSSR count). The summed E-state index contributed by atoms with van der Waals surface area (Å²) in [5.41, 5.74) is 4.73. The van der Waals surface area contributed by atoms with E-state index in [-0.39, 0.29) is 5.75 Å². The molecule has 0 radical (unpaired) electrons. The molecule has 0 spiro atoms. The molecular weight excluding hydrogens is 374 g/mol. The molecule has 2 amide bonds. The van der Waals surface area contributed by atoms with E-state index >= 15 is 0 Å². The highest BCUT2D eigenvalue weighted by Crippen LogP contribution is 2.31. The summed E-state index contributed by atoms with van der Waals surface area (Å²) in [6.45, 7) is 4.16. The minimum absolute atomic E-state index is 0.0335. The van der Waals surface area contributed by atoms with E-state index in [0.717, 1.165) is 11.3 Å². The van der Waals surface area contributed by atoms with Gasteiger partial charge in [-0.2, -0.15) is 5.10 Å². The summed E-state index contributed by atoms with van der Waals surface area (Å²) in [4.78, 5) is 11.9. The molecule has 0 aliphatic rings. The largest absolute Gasteiger partial charge is 0.504 e. The van der Waals surface area contributed by atoms with Crippen molar-refractivity contribution in [1.29, 1.82) is 0 Å². The highest BCUT2D eigenvalue weighted by atomic mass is 79.9. The Morgan fingerprint density at radius 1 is 1.38 bits per heavy atom. The van der Waals surface area contributed by atoms with Crippen LogP contribution >= 0.6 is 15.9 Å². The van der Waals surface area contributed by atoms with Crippen LogP contribution in [-0.2, 0) is 0 Å². The summed E-state index contributed by atoms with van der Waals surface area (Å²) in [7, 11) is 0. The van der Waals surface area contributed by atoms with Crippen molar-refractivity contribution in [2.24, 2.45) is 5.10 Å². The van der Waals surface area contributed by atoms with Gasteiger partial charge in [-0.25, -0.2) is 10.2 Å². The summed E-state index contributed by atoms with van der Waals surface area (Å²) in [5.74, 6) is 0.387. The molecule has 2 aromatic carbocycles. The maximum atomic E-state index is 11.9. The number of rotatable bonds is 5. The van der Waals surface area contributed by atoms with Crippen LogP contribution in [0.3, 0.4) is 0 Å². The van der Waals surface area contributed by atoms with E-state index in [0.29, 0.717) is 22.4 Å². The van der Waals surface area contributed by atoms with E-state index in [2.05, 4.69) is 31.8 Å². The lowest BCUT2D eigenvalue weighted by Crippen LogP contribution is -2.24. The van der Waals surface area contributed by atoms with Crippen molar-refractivity contribution in [3.05, 3.63) is 52.0 Å². The van der Waals surface area contributed by atoms with E-state index in [9.17, 15) is 9.90 Å². The van der Waals surface area contributed by atoms with E-state index < -0.39 is 6.03 Å². The van der Waals surface area contributed by atoms with Gasteiger partial charge in [0.2, 0.25) is 0 Å². The van der Waals surface area contributed by atoms with E-state index in [1.807, 2.05) is 38.1 Å². The first-order valence-electron chi connectivity index (χ1n) is 7.32. The smallest absolute Gasteiger partial charge is 0.339 e. The first-order valence-corrected chi connectivity index (χ1v) is 8.11. The number of para-hydroxylation sites is 1. The minimum atomic E-state index is -0.444. The average molecular weight is 392 g/mol. The fourth-order valence-corrected chi connectivity index (χ4v) is 2.39. The number of hydrogen-bond donors (Lipinski definition) is 3. The van der Waals surface area contributed by atoms with E-state index in [4.69, 9.17) is 4.74 Å². The van der Waals surface area contributed by atoms with Crippen molar-refractivity contribution in [2.45, 2.75) is 13.8 Å². The number of aryl methyl sites for hydroxylation is 1. The van der Waals surface area contributed by atoms with Crippen LogP contribution in [0.25, 0.3) is 0 Å². The van der Waals surface area contributed by atoms with Gasteiger partial charge in [0.1, 0.15) is 0 Å². The number of aromatic hydroxyl groups is 1. The molecule has 126 valence electrons. The fourth-order valence-electron chi connectivity index (χ4n) is 1.95. The second-order valence-electron chi connectivity index (χ2n) is 4.91. The lowest BCUT2D eigenvalue weighted by molar-refractivity contribution is 0.252. The Bertz CT molecular complexity index is 763. The molecule has 0 saturated heterocycles. The number of urea groups is 1. The zero-order valence-electron chi connectivity index (χ0n) is 13.3. The third-order valence-electron chi connectivity index (χ3n) is 3.14. The molecule has 0 unspecified atom stereocenters. The number of amides is 2. The summed E-state index contributed by atoms with van der Waals surface area (Å²) >= 11 is 3.33. The number of carbonyl (C=O) groups excluding carboxylic acids is 1. The molecule has 3 N–H and O–H groups in total. The number of nitrogens with zero attached hydrogens (tertiary/aromatic N) is 1. The number of carbonyl (C=O) groups is 1. The molecule has 0 aliphatic carbocycles. The Morgan fingerprint density at radius 2 is 2.12 bits per heavy atom. The number of ether oxygens (including phenoxy) is 1. The Morgan fingerprint density at radius 3 is 2.83 bits per heavy atom. The second kappa shape index (κ2) is 8.35. The van der Waals surface area contributed by atoms with Crippen LogP contribution in [0.2, 0.25) is 0 Å². The molecular formula is C17H18BrN3O3. The molecule has 0 bridgehead atoms. The van der Waals surface area contributed by atoms with E-state index in [1.165, 1.54) is 12.3 Å². The van der Waals surface area contributed by atoms with Crippen LogP contribution in [0.15, 0.2) is 46.0 Å². The molecule has 0 aliphatic heterocycles. The van der Waals surface area contributed by atoms with Gasteiger partial charge in [-0.05, 0) is 53.5 Å². The highest BCUT2D eigenvalue weighted by molar-refractivity contribution is 9.10. The van der Waals surface area contributed by atoms with Gasteiger partial charge in [0, 0.05) is 15.7 Å². The Balaban J connectivity index is 2.02. The molecule has 0 heterocycles. The average Bonchev–Trinajstić information content (AvgIpc) is 2.54. The predicted octanol–water partition coefficient (Wildman–Crippen LogP) is 4.02. The van der Waals surface area contributed by atoms with Crippen LogP contribution in [-0.4, -0.2) is 24.0 Å². The molecule has 6 nitrogen and oxygen atoms in total. The van der Waals surface area contributed by atoms with Gasteiger partial charge in [-0.1, -0.05) is 18.2 Å². The zero-order chi connectivity index (χ0) is 17.5. The zero-order valence-corrected chi connectivity index (χ0v) is 14.9. The molecule has 24 heavy (non-hydrogen) atoms. The third kappa shape index (κ3) is 4.73. The van der Waals surface area contributed by atoms with Crippen molar-refractivity contribution in [3.8, 4) is 11.5 Å². The van der Waals surface area contributed by atoms with Crippen molar-refractivity contribution < 1.29 is 14.6 Å². The quantitative estimate of drug-likeness (QED) is 0.531. The molecule has 0 atom stereocenters. The number of anilines is 1. The maximum Gasteiger partial charge on any atom is 0.339 e. The summed E-state index contributed by atoms with van der Waals surface area (Å²) in [6, 6.07) is 10.2. The number of nitrogens with one attached hydrogen (secondary N) is 2. The van der Waals surface area contributed by atoms with Crippen LogP contribution < -0.4 is 15.5 Å². The molecule has 7 heteroatoms. The van der Waals surface area contributed by atoms with Crippen LogP contribution in [0, 0.1) is 6.92 Å². The SMILES string of the molecule is CCOc1cc(/C=N/NC(=O)Nc2ccccc2C)c(Br)cc1O. The van der Waals surface area contributed by atoms with Gasteiger partial charge in [0.05, 0.1) is 12.8 Å². The van der Waals surface area contributed by atoms with Gasteiger partial charge < -0.3 is 15.2 Å². The third-order valence-corrected chi connectivity index (χ3v) is 3.83. The lowest BCUT2D eigenvalue weighted by Gasteiger charge is -2.08. The molecule has 0 fully saturated rings. The van der Waals surface area contributed by atoms with Crippen molar-refractivity contribution in [3.63, 3.8) is 0 Å². The number of hydrogen-bond acceptors (Lipinski definition) is 4. The van der Waals surface area contributed by atoms with Gasteiger partial charge in [-0.3, -0.25) is 0 Å². The van der Waals surface area contributed by atoms with Crippen molar-refractivity contribution in [2.75, 3.05) is 11.9 Å². The van der Waals surface area contributed by atoms with Crippen LogP contribution in [0.4, 0.5) is 10.5 Å². The Hall–Kier alpha value is -2.54. The minimum Gasteiger partial charge on any atom is -0.504 e. The first kappa shape index (κ1) is 17.8. The van der Waals surface area contributed by atoms with Gasteiger partial charge in [0.15, 0.2) is 11.5 Å². The first-order chi connectivity index (χ1) is 11.5. The van der Waals surface area contributed by atoms with Crippen LogP contribution in [0.5, 0.6) is 11.5 Å². The number of phenolic OH excluding ortho intramolecular Hbond substituents is 1. The van der Waals surface area contributed by atoms with Gasteiger partial charge in [0.25, 0.3) is 0 Å². The highest BCUT2D eigenvalue weighted by Gasteiger charge is 2.07. The number of hydrazone groups is 1. The normalized spacial score (nSPS) is 10.6. The lowest BCUT2D eigenvalue weighted by atomic mass is 10.2. The molecule has 0 saturated carbocycles. The summed E-state index contributed by atoms with van der Waals surface area (Å²) < 4.78 is 5.95. The standard InChI is InChI=1S/C17H18BrN3O3/c1-3-24-16-8-12(13(18)9-15(16)22)10-19-21-17(23)20-14-7-5-4-6-11(14)2/h4-10,22H,3H2,1-2H3,(H2,20,21,23)/b19-10+. The Labute approximate surface area is 148 Å². The summed E-state index contributed by atoms with van der Waals surface area (Å²) in [5, 5.41) is 16.4. The summed E-state index contributed by atoms with van der Waals surface area (Å²) in [6.07, 6.45) is 1.46. The maximum absolute atomic E-state index is 11.9. The van der Waals surface area contributed by atoms with Gasteiger partial charge >= 0.3 is 6.03 Å². The topological polar surface area (TPSA) is 83.0 Å².